The first-order valence-electron chi connectivity index (χ1n) is 8.46. The van der Waals surface area contributed by atoms with E-state index in [0.29, 0.717) is 5.82 Å². The van der Waals surface area contributed by atoms with Gasteiger partial charge in [-0.2, -0.15) is 0 Å². The number of aryl methyl sites for hydroxylation is 1. The smallest absolute Gasteiger partial charge is 0.180 e. The average Bonchev–Trinajstić information content (AvgIpc) is 2.64. The molecular formula is C18H25N5O. The van der Waals surface area contributed by atoms with E-state index < -0.39 is 0 Å². The first-order chi connectivity index (χ1) is 11.6. The summed E-state index contributed by atoms with van der Waals surface area (Å²) < 4.78 is 0. The number of piperazine rings is 1. The van der Waals surface area contributed by atoms with Gasteiger partial charge in [0.1, 0.15) is 11.5 Å². The zero-order chi connectivity index (χ0) is 17.1. The summed E-state index contributed by atoms with van der Waals surface area (Å²) in [7, 11) is 0. The second kappa shape index (κ2) is 7.23. The molecule has 0 spiro atoms. The Morgan fingerprint density at radius 2 is 1.88 bits per heavy atom. The molecule has 0 bridgehead atoms. The molecule has 1 atom stereocenters. The molecule has 24 heavy (non-hydrogen) atoms. The molecule has 1 N–H and O–H groups in total. The Bertz CT molecular complexity index is 683. The van der Waals surface area contributed by atoms with Crippen molar-refractivity contribution in [3.8, 4) is 11.5 Å². The number of aromatic nitrogens is 3. The van der Waals surface area contributed by atoms with Crippen LogP contribution in [0.4, 0.5) is 5.82 Å². The summed E-state index contributed by atoms with van der Waals surface area (Å²) >= 11 is 0. The quantitative estimate of drug-likeness (QED) is 0.921. The van der Waals surface area contributed by atoms with Gasteiger partial charge in [-0.3, -0.25) is 9.88 Å². The zero-order valence-corrected chi connectivity index (χ0v) is 14.6. The van der Waals surface area contributed by atoms with Crippen LogP contribution >= 0.6 is 0 Å². The molecule has 0 amide bonds. The molecule has 128 valence electrons. The van der Waals surface area contributed by atoms with Crippen molar-refractivity contribution in [2.24, 2.45) is 0 Å². The minimum Gasteiger partial charge on any atom is -0.395 e. The van der Waals surface area contributed by atoms with Crippen molar-refractivity contribution in [3.63, 3.8) is 0 Å². The molecule has 0 aromatic carbocycles. The van der Waals surface area contributed by atoms with Gasteiger partial charge in [-0.1, -0.05) is 6.07 Å². The maximum absolute atomic E-state index is 9.33. The monoisotopic (exact) mass is 327 g/mol. The van der Waals surface area contributed by atoms with E-state index in [0.717, 1.165) is 48.9 Å². The number of nitrogens with zero attached hydrogens (tertiary/aromatic N) is 5. The van der Waals surface area contributed by atoms with Crippen LogP contribution < -0.4 is 4.90 Å². The van der Waals surface area contributed by atoms with E-state index in [1.54, 1.807) is 6.20 Å². The lowest BCUT2D eigenvalue weighted by Crippen LogP contribution is -2.51. The molecule has 1 fully saturated rings. The summed E-state index contributed by atoms with van der Waals surface area (Å²) in [6.07, 6.45) is 1.77. The lowest BCUT2D eigenvalue weighted by atomic mass is 10.2. The maximum atomic E-state index is 9.33. The van der Waals surface area contributed by atoms with Gasteiger partial charge in [-0.15, -0.1) is 0 Å². The van der Waals surface area contributed by atoms with Crippen molar-refractivity contribution in [1.29, 1.82) is 0 Å². The Hall–Kier alpha value is -2.05. The first-order valence-corrected chi connectivity index (χ1v) is 8.46. The number of aliphatic hydroxyl groups is 1. The summed E-state index contributed by atoms with van der Waals surface area (Å²) in [6, 6.07) is 6.00. The van der Waals surface area contributed by atoms with E-state index in [-0.39, 0.29) is 12.6 Å². The predicted octanol–water partition coefficient (Wildman–Crippen LogP) is 1.66. The number of hydrogen-bond donors (Lipinski definition) is 1. The van der Waals surface area contributed by atoms with Gasteiger partial charge in [0.2, 0.25) is 0 Å². The second-order valence-electron chi connectivity index (χ2n) is 6.35. The Balaban J connectivity index is 1.85. The van der Waals surface area contributed by atoms with Crippen LogP contribution in [0.3, 0.4) is 0 Å². The molecule has 1 saturated heterocycles. The Morgan fingerprint density at radius 1 is 1.12 bits per heavy atom. The molecule has 3 heterocycles. The van der Waals surface area contributed by atoms with Gasteiger partial charge in [-0.25, -0.2) is 9.97 Å². The number of anilines is 1. The van der Waals surface area contributed by atoms with E-state index in [1.165, 1.54) is 0 Å². The fourth-order valence-corrected chi connectivity index (χ4v) is 3.02. The summed E-state index contributed by atoms with van der Waals surface area (Å²) in [5, 5.41) is 9.33. The van der Waals surface area contributed by atoms with Gasteiger partial charge in [0.25, 0.3) is 0 Å². The van der Waals surface area contributed by atoms with Gasteiger partial charge in [-0.05, 0) is 32.9 Å². The Kier molecular flexibility index (Phi) is 5.06. The predicted molar refractivity (Wildman–Crippen MR) is 95.1 cm³/mol. The number of pyridine rings is 1. The van der Waals surface area contributed by atoms with Crippen molar-refractivity contribution < 1.29 is 5.11 Å². The van der Waals surface area contributed by atoms with Crippen molar-refractivity contribution in [2.45, 2.75) is 26.8 Å². The molecular weight excluding hydrogens is 302 g/mol. The zero-order valence-electron chi connectivity index (χ0n) is 14.6. The van der Waals surface area contributed by atoms with Crippen LogP contribution in [0.15, 0.2) is 24.4 Å². The van der Waals surface area contributed by atoms with Gasteiger partial charge in [0.15, 0.2) is 5.82 Å². The molecule has 6 heteroatoms. The second-order valence-corrected chi connectivity index (χ2v) is 6.35. The van der Waals surface area contributed by atoms with Gasteiger partial charge >= 0.3 is 0 Å². The third kappa shape index (κ3) is 3.39. The van der Waals surface area contributed by atoms with Crippen LogP contribution in [0.1, 0.15) is 18.2 Å². The lowest BCUT2D eigenvalue weighted by Gasteiger charge is -2.38. The van der Waals surface area contributed by atoms with E-state index in [9.17, 15) is 5.11 Å². The molecule has 2 aromatic heterocycles. The van der Waals surface area contributed by atoms with Crippen LogP contribution in [0.25, 0.3) is 11.5 Å². The summed E-state index contributed by atoms with van der Waals surface area (Å²) in [6.45, 7) is 10.1. The highest BCUT2D eigenvalue weighted by atomic mass is 16.3. The fraction of sp³-hybridized carbons (Fsp3) is 0.500. The van der Waals surface area contributed by atoms with Crippen LogP contribution in [0, 0.1) is 13.8 Å². The third-order valence-electron chi connectivity index (χ3n) is 4.76. The molecule has 1 unspecified atom stereocenters. The molecule has 0 saturated carbocycles. The first kappa shape index (κ1) is 16.8. The molecule has 0 radical (unpaired) electrons. The molecule has 6 nitrogen and oxygen atoms in total. The average molecular weight is 327 g/mol. The van der Waals surface area contributed by atoms with Crippen molar-refractivity contribution in [1.82, 2.24) is 19.9 Å². The molecule has 3 rings (SSSR count). The van der Waals surface area contributed by atoms with Gasteiger partial charge in [0.05, 0.1) is 6.61 Å². The van der Waals surface area contributed by atoms with Crippen molar-refractivity contribution in [3.05, 3.63) is 35.7 Å². The van der Waals surface area contributed by atoms with E-state index in [1.807, 2.05) is 25.1 Å². The third-order valence-corrected chi connectivity index (χ3v) is 4.76. The number of hydrogen-bond acceptors (Lipinski definition) is 6. The highest BCUT2D eigenvalue weighted by Gasteiger charge is 2.23. The van der Waals surface area contributed by atoms with Crippen LogP contribution in [0.2, 0.25) is 0 Å². The van der Waals surface area contributed by atoms with Crippen LogP contribution in [0.5, 0.6) is 0 Å². The number of rotatable bonds is 4. The molecule has 1 aliphatic rings. The highest BCUT2D eigenvalue weighted by molar-refractivity contribution is 5.57. The van der Waals surface area contributed by atoms with Crippen molar-refractivity contribution in [2.75, 3.05) is 37.7 Å². The SMILES string of the molecule is Cc1nc(-c2ccccn2)nc(N2CCN(C(C)CO)CC2)c1C. The minimum absolute atomic E-state index is 0.204. The normalized spacial score (nSPS) is 17.1. The van der Waals surface area contributed by atoms with E-state index in [2.05, 4.69) is 33.6 Å². The molecule has 1 aliphatic heterocycles. The molecule has 2 aromatic rings. The standard InChI is InChI=1S/C18H25N5O/c1-13(12-24)22-8-10-23(11-9-22)18-14(2)15(3)20-17(21-18)16-6-4-5-7-19-16/h4-7,13,24H,8-12H2,1-3H3. The minimum atomic E-state index is 0.204. The lowest BCUT2D eigenvalue weighted by molar-refractivity contribution is 0.128. The van der Waals surface area contributed by atoms with E-state index in [4.69, 9.17) is 4.98 Å². The summed E-state index contributed by atoms with van der Waals surface area (Å²) in [5.41, 5.74) is 2.92. The van der Waals surface area contributed by atoms with Gasteiger partial charge in [0, 0.05) is 49.7 Å². The van der Waals surface area contributed by atoms with Crippen LogP contribution in [-0.2, 0) is 0 Å². The van der Waals surface area contributed by atoms with Crippen LogP contribution in [-0.4, -0.2) is 63.8 Å². The summed E-state index contributed by atoms with van der Waals surface area (Å²) in [4.78, 5) is 18.4. The summed E-state index contributed by atoms with van der Waals surface area (Å²) in [5.74, 6) is 1.68. The number of aliphatic hydroxyl groups excluding tert-OH is 1. The Labute approximate surface area is 143 Å². The fourth-order valence-electron chi connectivity index (χ4n) is 3.02. The van der Waals surface area contributed by atoms with E-state index >= 15 is 0 Å². The maximum Gasteiger partial charge on any atom is 0.180 e. The van der Waals surface area contributed by atoms with Gasteiger partial charge < -0.3 is 10.0 Å². The van der Waals surface area contributed by atoms with Crippen molar-refractivity contribution >= 4 is 5.82 Å². The largest absolute Gasteiger partial charge is 0.395 e. The molecule has 0 aliphatic carbocycles. The Morgan fingerprint density at radius 3 is 2.50 bits per heavy atom. The topological polar surface area (TPSA) is 65.4 Å². The highest BCUT2D eigenvalue weighted by Crippen LogP contribution is 2.24.